The average molecular weight is 398 g/mol. The van der Waals surface area contributed by atoms with Crippen LogP contribution in [-0.4, -0.2) is 16.3 Å². The lowest BCUT2D eigenvalue weighted by Gasteiger charge is -2.00. The van der Waals surface area contributed by atoms with Gasteiger partial charge in [0.05, 0.1) is 10.6 Å². The van der Waals surface area contributed by atoms with Crippen molar-refractivity contribution in [2.24, 2.45) is 4.99 Å². The molecule has 0 spiro atoms. The van der Waals surface area contributed by atoms with E-state index in [2.05, 4.69) is 31.2 Å². The van der Waals surface area contributed by atoms with Gasteiger partial charge < -0.3 is 10.4 Å². The Morgan fingerprint density at radius 3 is 2.79 bits per heavy atom. The Bertz CT molecular complexity index is 964. The third-order valence-electron chi connectivity index (χ3n) is 3.56. The first kappa shape index (κ1) is 15.1. The zero-order valence-electron chi connectivity index (χ0n) is 12.4. The molecule has 118 valence electrons. The highest BCUT2D eigenvalue weighted by Gasteiger charge is 2.15. The van der Waals surface area contributed by atoms with Crippen LogP contribution in [0.2, 0.25) is 0 Å². The number of nitrogens with zero attached hydrogens (tertiary/aromatic N) is 2. The van der Waals surface area contributed by atoms with Gasteiger partial charge in [0.2, 0.25) is 5.88 Å². The molecule has 4 rings (SSSR count). The second-order valence-corrected chi connectivity index (χ2v) is 7.16. The third-order valence-corrected chi connectivity index (χ3v) is 4.96. The Morgan fingerprint density at radius 1 is 1.12 bits per heavy atom. The molecule has 0 radical (unpaired) electrons. The summed E-state index contributed by atoms with van der Waals surface area (Å²) < 4.78 is 0.998. The zero-order valence-corrected chi connectivity index (χ0v) is 14.8. The highest BCUT2D eigenvalue weighted by Crippen LogP contribution is 2.38. The number of aromatic hydroxyl groups is 1. The van der Waals surface area contributed by atoms with Crippen LogP contribution in [0.25, 0.3) is 11.6 Å². The summed E-state index contributed by atoms with van der Waals surface area (Å²) in [5.41, 5.74) is 3.85. The topological polar surface area (TPSA) is 57.5 Å². The maximum Gasteiger partial charge on any atom is 0.231 e. The molecule has 0 saturated carbocycles. The molecule has 0 bridgehead atoms. The first-order valence-electron chi connectivity index (χ1n) is 7.26. The molecule has 0 fully saturated rings. The van der Waals surface area contributed by atoms with Crippen molar-refractivity contribution in [2.75, 3.05) is 5.32 Å². The van der Waals surface area contributed by atoms with E-state index in [4.69, 9.17) is 0 Å². The first-order valence-corrected chi connectivity index (χ1v) is 8.87. The van der Waals surface area contributed by atoms with Crippen molar-refractivity contribution in [3.8, 4) is 5.88 Å². The number of rotatable bonds is 3. The van der Waals surface area contributed by atoms with Crippen molar-refractivity contribution in [3.05, 3.63) is 63.4 Å². The molecule has 1 aliphatic rings. The summed E-state index contributed by atoms with van der Waals surface area (Å²) in [7, 11) is 0. The molecule has 0 unspecified atom stereocenters. The molecule has 2 heterocycles. The molecule has 6 heteroatoms. The molecular formula is C18H12BrN3OS. The maximum atomic E-state index is 10.1. The lowest BCUT2D eigenvalue weighted by molar-refractivity contribution is 0.457. The van der Waals surface area contributed by atoms with E-state index in [9.17, 15) is 5.11 Å². The smallest absolute Gasteiger partial charge is 0.231 e. The fourth-order valence-electron chi connectivity index (χ4n) is 2.43. The van der Waals surface area contributed by atoms with E-state index in [0.29, 0.717) is 10.0 Å². The Morgan fingerprint density at radius 2 is 1.96 bits per heavy atom. The minimum atomic E-state index is 0.0165. The zero-order chi connectivity index (χ0) is 16.5. The van der Waals surface area contributed by atoms with Gasteiger partial charge >= 0.3 is 0 Å². The van der Waals surface area contributed by atoms with Crippen LogP contribution in [0.15, 0.2) is 58.0 Å². The van der Waals surface area contributed by atoms with E-state index in [1.165, 1.54) is 11.3 Å². The van der Waals surface area contributed by atoms with E-state index in [-0.39, 0.29) is 5.88 Å². The number of halogens is 1. The van der Waals surface area contributed by atoms with Crippen LogP contribution >= 0.6 is 27.3 Å². The van der Waals surface area contributed by atoms with Crippen molar-refractivity contribution >= 4 is 61.6 Å². The van der Waals surface area contributed by atoms with Crippen LogP contribution in [0.3, 0.4) is 0 Å². The summed E-state index contributed by atoms with van der Waals surface area (Å²) >= 11 is 4.88. The van der Waals surface area contributed by atoms with E-state index >= 15 is 0 Å². The van der Waals surface area contributed by atoms with E-state index < -0.39 is 0 Å². The molecule has 1 aliphatic heterocycles. The van der Waals surface area contributed by atoms with Gasteiger partial charge in [-0.3, -0.25) is 4.99 Å². The number of hydrogen-bond acceptors (Lipinski definition) is 5. The largest absolute Gasteiger partial charge is 0.492 e. The van der Waals surface area contributed by atoms with E-state index in [1.807, 2.05) is 54.6 Å². The summed E-state index contributed by atoms with van der Waals surface area (Å²) in [4.78, 5) is 9.28. The van der Waals surface area contributed by atoms with Crippen molar-refractivity contribution < 1.29 is 5.11 Å². The van der Waals surface area contributed by atoms with Crippen LogP contribution in [0, 0.1) is 0 Å². The monoisotopic (exact) mass is 397 g/mol. The van der Waals surface area contributed by atoms with Gasteiger partial charge in [-0.05, 0) is 36.4 Å². The van der Waals surface area contributed by atoms with Crippen molar-refractivity contribution in [1.82, 2.24) is 4.98 Å². The van der Waals surface area contributed by atoms with E-state index in [1.54, 1.807) is 6.21 Å². The fourth-order valence-corrected chi connectivity index (χ4v) is 3.63. The predicted molar refractivity (Wildman–Crippen MR) is 104 cm³/mol. The minimum absolute atomic E-state index is 0.0165. The quantitative estimate of drug-likeness (QED) is 0.603. The third kappa shape index (κ3) is 2.98. The van der Waals surface area contributed by atoms with Crippen molar-refractivity contribution in [1.29, 1.82) is 0 Å². The number of hydrogen-bond donors (Lipinski definition) is 2. The number of benzene rings is 2. The van der Waals surface area contributed by atoms with Crippen molar-refractivity contribution in [2.45, 2.75) is 0 Å². The predicted octanol–water partition coefficient (Wildman–Crippen LogP) is 5.61. The molecule has 3 aromatic rings. The van der Waals surface area contributed by atoms with Crippen LogP contribution < -0.4 is 5.32 Å². The number of nitrogens with one attached hydrogen (secondary N) is 1. The highest BCUT2D eigenvalue weighted by molar-refractivity contribution is 9.10. The Kier molecular flexibility index (Phi) is 3.92. The number of aliphatic imine (C=N–C) groups is 1. The van der Waals surface area contributed by atoms with E-state index in [0.717, 1.165) is 27.0 Å². The van der Waals surface area contributed by atoms with Gasteiger partial charge in [-0.25, -0.2) is 0 Å². The normalized spacial score (nSPS) is 14.1. The Labute approximate surface area is 151 Å². The van der Waals surface area contributed by atoms with Gasteiger partial charge in [-0.2, -0.15) is 4.98 Å². The van der Waals surface area contributed by atoms with Gasteiger partial charge in [0, 0.05) is 27.5 Å². The van der Waals surface area contributed by atoms with Crippen molar-refractivity contribution in [3.63, 3.8) is 0 Å². The van der Waals surface area contributed by atoms with Gasteiger partial charge in [0.1, 0.15) is 0 Å². The molecular weight excluding hydrogens is 386 g/mol. The number of anilines is 2. The van der Waals surface area contributed by atoms with Gasteiger partial charge in [-0.1, -0.05) is 45.5 Å². The van der Waals surface area contributed by atoms with Crippen LogP contribution in [0.5, 0.6) is 5.88 Å². The molecule has 0 amide bonds. The van der Waals surface area contributed by atoms with Crippen LogP contribution in [0.4, 0.5) is 16.5 Å². The second kappa shape index (κ2) is 6.22. The Hall–Kier alpha value is -2.44. The molecule has 0 saturated heterocycles. The second-order valence-electron chi connectivity index (χ2n) is 5.22. The lowest BCUT2D eigenvalue weighted by atomic mass is 10.1. The molecule has 4 nitrogen and oxygen atoms in total. The van der Waals surface area contributed by atoms with Crippen LogP contribution in [0.1, 0.15) is 10.4 Å². The number of para-hydroxylation sites is 1. The number of fused-ring (bicyclic) bond motifs is 1. The van der Waals surface area contributed by atoms with Crippen LogP contribution in [-0.2, 0) is 0 Å². The maximum absolute atomic E-state index is 10.1. The van der Waals surface area contributed by atoms with Gasteiger partial charge in [0.15, 0.2) is 5.13 Å². The number of thiazole rings is 1. The molecule has 24 heavy (non-hydrogen) atoms. The van der Waals surface area contributed by atoms with Gasteiger partial charge in [-0.15, -0.1) is 0 Å². The SMILES string of the molecule is Oc1nc(Nc2ccccc2)sc1/C=C1\C=Nc2ccc(Br)cc21. The summed E-state index contributed by atoms with van der Waals surface area (Å²) in [6.07, 6.45) is 3.71. The van der Waals surface area contributed by atoms with Gasteiger partial charge in [0.25, 0.3) is 0 Å². The minimum Gasteiger partial charge on any atom is -0.492 e. The summed E-state index contributed by atoms with van der Waals surface area (Å²) in [6, 6.07) is 15.7. The Balaban J connectivity index is 1.65. The highest BCUT2D eigenvalue weighted by atomic mass is 79.9. The standard InChI is InChI=1S/C18H12BrN3OS/c19-12-6-7-15-14(9-12)11(10-20-15)8-16-17(23)22-18(24-16)21-13-4-2-1-3-5-13/h1-10,23H,(H,21,22)/b11-8+. The molecule has 2 N–H and O–H groups in total. The fraction of sp³-hybridized carbons (Fsp3) is 0. The summed E-state index contributed by atoms with van der Waals surface area (Å²) in [5.74, 6) is 0.0165. The molecule has 0 atom stereocenters. The first-order chi connectivity index (χ1) is 11.7. The molecule has 2 aromatic carbocycles. The summed E-state index contributed by atoms with van der Waals surface area (Å²) in [5, 5.41) is 14.0. The summed E-state index contributed by atoms with van der Waals surface area (Å²) in [6.45, 7) is 0. The lowest BCUT2D eigenvalue weighted by Crippen LogP contribution is -1.87. The number of aromatic nitrogens is 1. The number of allylic oxidation sites excluding steroid dienone is 1. The average Bonchev–Trinajstić information content (AvgIpc) is 3.12. The molecule has 0 aliphatic carbocycles. The molecule has 1 aromatic heterocycles.